The van der Waals surface area contributed by atoms with Crippen LogP contribution in [0.3, 0.4) is 0 Å². The summed E-state index contributed by atoms with van der Waals surface area (Å²) >= 11 is 0. The van der Waals surface area contributed by atoms with Crippen LogP contribution in [0.4, 0.5) is 0 Å². The third-order valence-electron chi connectivity index (χ3n) is 1.83. The normalized spacial score (nSPS) is 17.3. The maximum Gasteiger partial charge on any atom is 0.0896 e. The maximum absolute atomic E-state index is 2.28. The van der Waals surface area contributed by atoms with Crippen molar-refractivity contribution in [3.8, 4) is 0 Å². The van der Waals surface area contributed by atoms with Gasteiger partial charge < -0.3 is 9.80 Å². The van der Waals surface area contributed by atoms with Gasteiger partial charge in [0.2, 0.25) is 0 Å². The van der Waals surface area contributed by atoms with Crippen LogP contribution in [0.2, 0.25) is 0 Å². The summed E-state index contributed by atoms with van der Waals surface area (Å²) in [6.07, 6.45) is 8.54. The fourth-order valence-corrected chi connectivity index (χ4v) is 1.08. The molecule has 1 aliphatic rings. The summed E-state index contributed by atoms with van der Waals surface area (Å²) < 4.78 is 0. The van der Waals surface area contributed by atoms with E-state index in [9.17, 15) is 0 Å². The predicted octanol–water partition coefficient (Wildman–Crippen LogP) is 1.63. The molecule has 1 heterocycles. The summed E-state index contributed by atoms with van der Waals surface area (Å²) in [6, 6.07) is 0. The van der Waals surface area contributed by atoms with Gasteiger partial charge in [0.15, 0.2) is 0 Å². The minimum absolute atomic E-state index is 1.03. The minimum atomic E-state index is 1.03. The van der Waals surface area contributed by atoms with Crippen LogP contribution in [0.5, 0.6) is 0 Å². The molecule has 0 radical (unpaired) electrons. The van der Waals surface area contributed by atoms with Gasteiger partial charge in [-0.2, -0.15) is 0 Å². The molecule has 2 nitrogen and oxygen atoms in total. The van der Waals surface area contributed by atoms with Crippen molar-refractivity contribution in [2.45, 2.75) is 13.8 Å². The van der Waals surface area contributed by atoms with Gasteiger partial charge in [-0.1, -0.05) is 12.2 Å². The Morgan fingerprint density at radius 1 is 1.36 bits per heavy atom. The molecule has 0 bridgehead atoms. The zero-order chi connectivity index (χ0) is 8.10. The summed E-state index contributed by atoms with van der Waals surface area (Å²) in [5.74, 6) is 0. The third-order valence-corrected chi connectivity index (χ3v) is 1.83. The molecule has 0 atom stereocenters. The standard InChI is InChI=1S/C9H16N2/c1-3-5-6-11-8-7-10(4-2)9-11/h3,5,7-8H,4,6,9H2,1-2H3. The Labute approximate surface area is 68.8 Å². The zero-order valence-electron chi connectivity index (χ0n) is 7.33. The van der Waals surface area contributed by atoms with E-state index in [0.29, 0.717) is 0 Å². The van der Waals surface area contributed by atoms with Crippen LogP contribution in [0.15, 0.2) is 24.6 Å². The third kappa shape index (κ3) is 2.30. The molecule has 1 rings (SSSR count). The molecule has 0 aromatic rings. The van der Waals surface area contributed by atoms with Gasteiger partial charge in [-0.05, 0) is 13.8 Å². The number of hydrogen-bond acceptors (Lipinski definition) is 2. The topological polar surface area (TPSA) is 6.48 Å². The number of hydrogen-bond donors (Lipinski definition) is 0. The molecular formula is C9H16N2. The number of allylic oxidation sites excluding steroid dienone is 1. The van der Waals surface area contributed by atoms with Gasteiger partial charge in [-0.15, -0.1) is 0 Å². The average molecular weight is 152 g/mol. The van der Waals surface area contributed by atoms with Gasteiger partial charge in [0, 0.05) is 25.5 Å². The quantitative estimate of drug-likeness (QED) is 0.567. The summed E-state index contributed by atoms with van der Waals surface area (Å²) in [7, 11) is 0. The van der Waals surface area contributed by atoms with Crippen molar-refractivity contribution < 1.29 is 0 Å². The van der Waals surface area contributed by atoms with E-state index in [0.717, 1.165) is 19.8 Å². The van der Waals surface area contributed by atoms with Crippen LogP contribution in [-0.2, 0) is 0 Å². The molecule has 0 unspecified atom stereocenters. The monoisotopic (exact) mass is 152 g/mol. The molecule has 0 saturated heterocycles. The molecule has 0 aliphatic carbocycles. The van der Waals surface area contributed by atoms with Crippen LogP contribution < -0.4 is 0 Å². The lowest BCUT2D eigenvalue weighted by molar-refractivity contribution is 0.291. The summed E-state index contributed by atoms with van der Waals surface area (Å²) in [6.45, 7) is 7.40. The van der Waals surface area contributed by atoms with E-state index < -0.39 is 0 Å². The van der Waals surface area contributed by atoms with E-state index in [1.54, 1.807) is 0 Å². The van der Waals surface area contributed by atoms with Crippen molar-refractivity contribution in [1.29, 1.82) is 0 Å². The molecule has 0 aromatic carbocycles. The largest absolute Gasteiger partial charge is 0.359 e. The molecule has 0 aromatic heterocycles. The lowest BCUT2D eigenvalue weighted by Gasteiger charge is -2.18. The Balaban J connectivity index is 2.26. The highest BCUT2D eigenvalue weighted by Gasteiger charge is 2.07. The molecule has 1 aliphatic heterocycles. The second-order valence-corrected chi connectivity index (χ2v) is 2.68. The smallest absolute Gasteiger partial charge is 0.0896 e. The fourth-order valence-electron chi connectivity index (χ4n) is 1.08. The fraction of sp³-hybridized carbons (Fsp3) is 0.556. The number of nitrogens with zero attached hydrogens (tertiary/aromatic N) is 2. The van der Waals surface area contributed by atoms with Crippen molar-refractivity contribution in [1.82, 2.24) is 9.80 Å². The Kier molecular flexibility index (Phi) is 3.02. The Bertz CT molecular complexity index is 161. The molecule has 11 heavy (non-hydrogen) atoms. The van der Waals surface area contributed by atoms with E-state index >= 15 is 0 Å². The molecule has 0 spiro atoms. The molecule has 62 valence electrons. The zero-order valence-corrected chi connectivity index (χ0v) is 7.33. The first-order valence-electron chi connectivity index (χ1n) is 4.14. The Hall–Kier alpha value is -0.920. The first-order valence-corrected chi connectivity index (χ1v) is 4.14. The van der Waals surface area contributed by atoms with E-state index in [1.807, 2.05) is 0 Å². The van der Waals surface area contributed by atoms with Crippen molar-refractivity contribution >= 4 is 0 Å². The highest BCUT2D eigenvalue weighted by atomic mass is 15.3. The summed E-state index contributed by atoms with van der Waals surface area (Å²) in [5, 5.41) is 0. The van der Waals surface area contributed by atoms with Gasteiger partial charge >= 0.3 is 0 Å². The molecule has 2 heteroatoms. The first-order chi connectivity index (χ1) is 5.36. The molecule has 0 N–H and O–H groups in total. The van der Waals surface area contributed by atoms with Crippen LogP contribution >= 0.6 is 0 Å². The van der Waals surface area contributed by atoms with Gasteiger partial charge in [0.05, 0.1) is 6.67 Å². The highest BCUT2D eigenvalue weighted by molar-refractivity contribution is 4.94. The predicted molar refractivity (Wildman–Crippen MR) is 47.9 cm³/mol. The maximum atomic E-state index is 2.28. The molecule has 0 saturated carbocycles. The van der Waals surface area contributed by atoms with Gasteiger partial charge in [-0.3, -0.25) is 0 Å². The second-order valence-electron chi connectivity index (χ2n) is 2.68. The van der Waals surface area contributed by atoms with E-state index in [4.69, 9.17) is 0 Å². The summed E-state index contributed by atoms with van der Waals surface area (Å²) in [4.78, 5) is 4.56. The van der Waals surface area contributed by atoms with E-state index in [-0.39, 0.29) is 0 Å². The van der Waals surface area contributed by atoms with Crippen LogP contribution in [0.25, 0.3) is 0 Å². The lowest BCUT2D eigenvalue weighted by atomic mass is 10.5. The summed E-state index contributed by atoms with van der Waals surface area (Å²) in [5.41, 5.74) is 0. The lowest BCUT2D eigenvalue weighted by Crippen LogP contribution is -2.24. The minimum Gasteiger partial charge on any atom is -0.359 e. The van der Waals surface area contributed by atoms with E-state index in [2.05, 4.69) is 48.2 Å². The average Bonchev–Trinajstić information content (AvgIpc) is 2.48. The van der Waals surface area contributed by atoms with Crippen molar-refractivity contribution in [3.05, 3.63) is 24.6 Å². The SMILES string of the molecule is CC=CCN1C=CN(CC)C1. The van der Waals surface area contributed by atoms with E-state index in [1.165, 1.54) is 0 Å². The van der Waals surface area contributed by atoms with Crippen LogP contribution in [0.1, 0.15) is 13.8 Å². The molecule has 0 fully saturated rings. The van der Waals surface area contributed by atoms with Gasteiger partial charge in [0.1, 0.15) is 0 Å². The van der Waals surface area contributed by atoms with Crippen LogP contribution in [0, 0.1) is 0 Å². The van der Waals surface area contributed by atoms with Crippen molar-refractivity contribution in [2.24, 2.45) is 0 Å². The van der Waals surface area contributed by atoms with Crippen molar-refractivity contribution in [2.75, 3.05) is 19.8 Å². The van der Waals surface area contributed by atoms with Gasteiger partial charge in [0.25, 0.3) is 0 Å². The number of rotatable bonds is 3. The molecular weight excluding hydrogens is 136 g/mol. The second kappa shape index (κ2) is 4.06. The van der Waals surface area contributed by atoms with Crippen molar-refractivity contribution in [3.63, 3.8) is 0 Å². The Morgan fingerprint density at radius 3 is 2.64 bits per heavy atom. The van der Waals surface area contributed by atoms with Gasteiger partial charge in [-0.25, -0.2) is 0 Å². The highest BCUT2D eigenvalue weighted by Crippen LogP contribution is 2.04. The van der Waals surface area contributed by atoms with Crippen LogP contribution in [-0.4, -0.2) is 29.6 Å². The molecule has 0 amide bonds. The Morgan fingerprint density at radius 2 is 2.09 bits per heavy atom. The first kappa shape index (κ1) is 8.18.